The second-order valence-electron chi connectivity index (χ2n) is 8.10. The Kier molecular flexibility index (Phi) is 6.92. The predicted molar refractivity (Wildman–Crippen MR) is 124 cm³/mol. The highest BCUT2D eigenvalue weighted by molar-refractivity contribution is 6.31. The molecule has 5 nitrogen and oxygen atoms in total. The van der Waals surface area contributed by atoms with Gasteiger partial charge in [-0.25, -0.2) is 14.4 Å². The van der Waals surface area contributed by atoms with Gasteiger partial charge in [0.25, 0.3) is 0 Å². The van der Waals surface area contributed by atoms with E-state index in [9.17, 15) is 4.39 Å². The third-order valence-corrected chi connectivity index (χ3v) is 6.28. The first-order valence-corrected chi connectivity index (χ1v) is 11.1. The molecule has 2 heterocycles. The molecule has 1 fully saturated rings. The van der Waals surface area contributed by atoms with Crippen molar-refractivity contribution in [2.24, 2.45) is 0 Å². The SMILES string of the molecule is COc1cc(Cl)c(CN2CCC[C@@H](c3nc(C)ncc3-c3ccc(F)cc3)C2)cc1OC. The number of rotatable bonds is 6. The summed E-state index contributed by atoms with van der Waals surface area (Å²) in [6.07, 6.45) is 3.96. The number of aryl methyl sites for hydroxylation is 1. The van der Waals surface area contributed by atoms with Gasteiger partial charge in [0.1, 0.15) is 11.6 Å². The van der Waals surface area contributed by atoms with Gasteiger partial charge in [-0.3, -0.25) is 4.90 Å². The smallest absolute Gasteiger partial charge is 0.162 e. The molecule has 0 aliphatic carbocycles. The fraction of sp³-hybridized carbons (Fsp3) is 0.360. The van der Waals surface area contributed by atoms with Crippen LogP contribution in [0.1, 0.15) is 35.8 Å². The lowest BCUT2D eigenvalue weighted by molar-refractivity contribution is 0.198. The standard InChI is InChI=1S/C25H27ClFN3O2/c1-16-28-13-21(17-6-8-20(27)9-7-17)25(29-16)18-5-4-10-30(14-18)15-19-11-23(31-2)24(32-3)12-22(19)26/h6-9,11-13,18H,4-5,10,14-15H2,1-3H3/t18-/m1/s1. The second kappa shape index (κ2) is 9.84. The topological polar surface area (TPSA) is 47.5 Å². The van der Waals surface area contributed by atoms with Crippen LogP contribution in [0.5, 0.6) is 11.5 Å². The molecule has 7 heteroatoms. The van der Waals surface area contributed by atoms with Gasteiger partial charge in [0.15, 0.2) is 11.5 Å². The minimum absolute atomic E-state index is 0.251. The Morgan fingerprint density at radius 3 is 2.56 bits per heavy atom. The van der Waals surface area contributed by atoms with Crippen molar-refractivity contribution < 1.29 is 13.9 Å². The highest BCUT2D eigenvalue weighted by Crippen LogP contribution is 2.36. The van der Waals surface area contributed by atoms with E-state index in [1.807, 2.05) is 19.2 Å². The van der Waals surface area contributed by atoms with Crippen molar-refractivity contribution in [2.45, 2.75) is 32.2 Å². The van der Waals surface area contributed by atoms with Crippen molar-refractivity contribution in [1.29, 1.82) is 0 Å². The van der Waals surface area contributed by atoms with Gasteiger partial charge in [-0.1, -0.05) is 23.7 Å². The minimum Gasteiger partial charge on any atom is -0.493 e. The van der Waals surface area contributed by atoms with Crippen molar-refractivity contribution in [3.05, 3.63) is 70.5 Å². The number of hydrogen-bond donors (Lipinski definition) is 0. The van der Waals surface area contributed by atoms with E-state index in [2.05, 4.69) is 9.88 Å². The molecule has 0 radical (unpaired) electrons. The average molecular weight is 456 g/mol. The summed E-state index contributed by atoms with van der Waals surface area (Å²) in [5.41, 5.74) is 3.92. The van der Waals surface area contributed by atoms with E-state index in [4.69, 9.17) is 26.1 Å². The lowest BCUT2D eigenvalue weighted by Crippen LogP contribution is -2.34. The Morgan fingerprint density at radius 2 is 1.84 bits per heavy atom. The number of methoxy groups -OCH3 is 2. The van der Waals surface area contributed by atoms with Crippen LogP contribution in [-0.4, -0.2) is 42.2 Å². The highest BCUT2D eigenvalue weighted by Gasteiger charge is 2.26. The maximum Gasteiger partial charge on any atom is 0.162 e. The molecule has 1 atom stereocenters. The minimum atomic E-state index is -0.251. The number of nitrogens with zero attached hydrogens (tertiary/aromatic N) is 3. The Hall–Kier alpha value is -2.70. The van der Waals surface area contributed by atoms with Crippen LogP contribution >= 0.6 is 11.6 Å². The maximum absolute atomic E-state index is 13.4. The molecule has 0 bridgehead atoms. The van der Waals surface area contributed by atoms with Gasteiger partial charge in [-0.2, -0.15) is 0 Å². The van der Waals surface area contributed by atoms with Gasteiger partial charge in [0.2, 0.25) is 0 Å². The molecule has 3 aromatic rings. The molecule has 0 N–H and O–H groups in total. The summed E-state index contributed by atoms with van der Waals surface area (Å²) < 4.78 is 24.3. The molecule has 1 aromatic heterocycles. The Balaban J connectivity index is 1.59. The molecule has 0 saturated carbocycles. The predicted octanol–water partition coefficient (Wildman–Crippen LogP) is 5.64. The Labute approximate surface area is 193 Å². The Bertz CT molecular complexity index is 1090. The van der Waals surface area contributed by atoms with E-state index in [0.717, 1.165) is 54.1 Å². The average Bonchev–Trinajstić information content (AvgIpc) is 2.81. The molecule has 32 heavy (non-hydrogen) atoms. The van der Waals surface area contributed by atoms with Crippen molar-refractivity contribution in [3.8, 4) is 22.6 Å². The van der Waals surface area contributed by atoms with Gasteiger partial charge in [-0.05, 0) is 55.6 Å². The zero-order valence-corrected chi connectivity index (χ0v) is 19.3. The van der Waals surface area contributed by atoms with E-state index >= 15 is 0 Å². The van der Waals surface area contributed by atoms with E-state index in [1.54, 1.807) is 32.4 Å². The van der Waals surface area contributed by atoms with Gasteiger partial charge < -0.3 is 9.47 Å². The summed E-state index contributed by atoms with van der Waals surface area (Å²) in [4.78, 5) is 11.6. The molecule has 168 valence electrons. The van der Waals surface area contributed by atoms with Crippen LogP contribution in [-0.2, 0) is 6.54 Å². The number of likely N-dealkylation sites (tertiary alicyclic amines) is 1. The van der Waals surface area contributed by atoms with Gasteiger partial charge >= 0.3 is 0 Å². The van der Waals surface area contributed by atoms with Crippen LogP contribution in [0.3, 0.4) is 0 Å². The van der Waals surface area contributed by atoms with Crippen LogP contribution in [0, 0.1) is 12.7 Å². The van der Waals surface area contributed by atoms with E-state index in [0.29, 0.717) is 23.1 Å². The molecule has 1 aliphatic rings. The second-order valence-corrected chi connectivity index (χ2v) is 8.50. The summed E-state index contributed by atoms with van der Waals surface area (Å²) >= 11 is 6.54. The van der Waals surface area contributed by atoms with Crippen molar-refractivity contribution in [3.63, 3.8) is 0 Å². The summed E-state index contributed by atoms with van der Waals surface area (Å²) in [7, 11) is 3.23. The van der Waals surface area contributed by atoms with Crippen LogP contribution in [0.25, 0.3) is 11.1 Å². The molecule has 0 amide bonds. The first kappa shape index (κ1) is 22.5. The van der Waals surface area contributed by atoms with Crippen molar-refractivity contribution in [1.82, 2.24) is 14.9 Å². The lowest BCUT2D eigenvalue weighted by Gasteiger charge is -2.33. The maximum atomic E-state index is 13.4. The van der Waals surface area contributed by atoms with Crippen LogP contribution in [0.2, 0.25) is 5.02 Å². The first-order valence-electron chi connectivity index (χ1n) is 10.7. The molecular formula is C25H27ClFN3O2. The number of hydrogen-bond acceptors (Lipinski definition) is 5. The third-order valence-electron chi connectivity index (χ3n) is 5.93. The molecule has 1 saturated heterocycles. The number of halogens is 2. The number of aromatic nitrogens is 2. The summed E-state index contributed by atoms with van der Waals surface area (Å²) in [6.45, 7) is 4.46. The summed E-state index contributed by atoms with van der Waals surface area (Å²) in [5, 5.41) is 0.662. The zero-order valence-electron chi connectivity index (χ0n) is 18.6. The van der Waals surface area contributed by atoms with Gasteiger partial charge in [0, 0.05) is 41.9 Å². The molecule has 2 aromatic carbocycles. The van der Waals surface area contributed by atoms with Crippen LogP contribution in [0.4, 0.5) is 4.39 Å². The third kappa shape index (κ3) is 4.87. The molecular weight excluding hydrogens is 429 g/mol. The zero-order chi connectivity index (χ0) is 22.7. The van der Waals surface area contributed by atoms with Crippen LogP contribution in [0.15, 0.2) is 42.6 Å². The fourth-order valence-electron chi connectivity index (χ4n) is 4.33. The fourth-order valence-corrected chi connectivity index (χ4v) is 4.54. The number of benzene rings is 2. The van der Waals surface area contributed by atoms with E-state index < -0.39 is 0 Å². The summed E-state index contributed by atoms with van der Waals surface area (Å²) in [5.74, 6) is 2.04. The number of piperidine rings is 1. The monoisotopic (exact) mass is 455 g/mol. The Morgan fingerprint density at radius 1 is 1.12 bits per heavy atom. The van der Waals surface area contributed by atoms with Crippen molar-refractivity contribution in [2.75, 3.05) is 27.3 Å². The van der Waals surface area contributed by atoms with E-state index in [-0.39, 0.29) is 11.7 Å². The normalized spacial score (nSPS) is 16.7. The molecule has 1 aliphatic heterocycles. The largest absolute Gasteiger partial charge is 0.493 e. The quantitative estimate of drug-likeness (QED) is 0.481. The van der Waals surface area contributed by atoms with Crippen molar-refractivity contribution >= 4 is 11.6 Å². The van der Waals surface area contributed by atoms with Gasteiger partial charge in [-0.15, -0.1) is 0 Å². The summed E-state index contributed by atoms with van der Waals surface area (Å²) in [6, 6.07) is 10.3. The molecule has 0 unspecified atom stereocenters. The van der Waals surface area contributed by atoms with E-state index in [1.165, 1.54) is 12.1 Å². The van der Waals surface area contributed by atoms with Gasteiger partial charge in [0.05, 0.1) is 19.9 Å². The number of ether oxygens (including phenoxy) is 2. The first-order chi connectivity index (χ1) is 15.5. The highest BCUT2D eigenvalue weighted by atomic mass is 35.5. The lowest BCUT2D eigenvalue weighted by atomic mass is 9.89. The molecule has 0 spiro atoms. The van der Waals surface area contributed by atoms with Crippen LogP contribution < -0.4 is 9.47 Å². The molecule has 4 rings (SSSR count).